The number of nitrogens with zero attached hydrogens (tertiary/aromatic N) is 1. The summed E-state index contributed by atoms with van der Waals surface area (Å²) in [6.07, 6.45) is 11.8. The van der Waals surface area contributed by atoms with Crippen LogP contribution in [0.3, 0.4) is 0 Å². The number of aromatic nitrogens is 1. The zero-order chi connectivity index (χ0) is 21.2. The van der Waals surface area contributed by atoms with Crippen molar-refractivity contribution in [1.82, 2.24) is 0 Å². The number of hydrogen-bond donors (Lipinski definition) is 1. The zero-order valence-electron chi connectivity index (χ0n) is 19.9. The molecule has 0 spiro atoms. The summed E-state index contributed by atoms with van der Waals surface area (Å²) < 4.78 is 8.70. The SMILES string of the molecule is CCC[CH2][Sn]([CH2]CCC)([CH2]CCC)[c]1ccc(CO)[n+](C[Si-](C)C(C)(C)C)c1. The van der Waals surface area contributed by atoms with Gasteiger partial charge in [0.05, 0.1) is 0 Å². The van der Waals surface area contributed by atoms with Gasteiger partial charge in [-0.2, -0.15) is 0 Å². The van der Waals surface area contributed by atoms with Crippen LogP contribution >= 0.6 is 0 Å². The van der Waals surface area contributed by atoms with Gasteiger partial charge in [0.2, 0.25) is 0 Å². The maximum absolute atomic E-state index is 9.96. The summed E-state index contributed by atoms with van der Waals surface area (Å²) in [4.78, 5) is 0. The molecule has 0 saturated carbocycles. The van der Waals surface area contributed by atoms with Crippen molar-refractivity contribution in [3.05, 3.63) is 24.0 Å². The second-order valence-electron chi connectivity index (χ2n) is 9.82. The monoisotopic (exact) mass is 513 g/mol. The zero-order valence-corrected chi connectivity index (χ0v) is 23.8. The molecular formula is C24H47NOSiSn. The van der Waals surface area contributed by atoms with E-state index in [1.165, 1.54) is 51.8 Å². The Morgan fingerprint density at radius 1 is 0.929 bits per heavy atom. The number of hydrogen-bond acceptors (Lipinski definition) is 1. The summed E-state index contributed by atoms with van der Waals surface area (Å²) in [7, 11) is -0.525. The Morgan fingerprint density at radius 3 is 1.82 bits per heavy atom. The molecule has 0 bridgehead atoms. The van der Waals surface area contributed by atoms with Gasteiger partial charge in [0.1, 0.15) is 0 Å². The first-order chi connectivity index (χ1) is 13.2. The van der Waals surface area contributed by atoms with E-state index in [9.17, 15) is 5.11 Å². The van der Waals surface area contributed by atoms with Gasteiger partial charge in [-0.1, -0.05) is 0 Å². The van der Waals surface area contributed by atoms with Crippen molar-refractivity contribution in [3.63, 3.8) is 0 Å². The molecule has 0 atom stereocenters. The average Bonchev–Trinajstić information content (AvgIpc) is 2.67. The Labute approximate surface area is 181 Å². The Hall–Kier alpha value is 0.126. The Balaban J connectivity index is 3.35. The fourth-order valence-electron chi connectivity index (χ4n) is 4.03. The van der Waals surface area contributed by atoms with E-state index in [0.29, 0.717) is 5.04 Å². The van der Waals surface area contributed by atoms with Crippen LogP contribution in [-0.4, -0.2) is 32.3 Å². The van der Waals surface area contributed by atoms with Crippen molar-refractivity contribution in [2.75, 3.05) is 0 Å². The molecule has 1 aromatic rings. The second kappa shape index (κ2) is 12.7. The maximum atomic E-state index is 9.96. The van der Waals surface area contributed by atoms with Crippen molar-refractivity contribution in [3.8, 4) is 0 Å². The molecule has 0 amide bonds. The third-order valence-corrected chi connectivity index (χ3v) is 25.5. The van der Waals surface area contributed by atoms with Gasteiger partial charge in [0, 0.05) is 0 Å². The van der Waals surface area contributed by atoms with Crippen molar-refractivity contribution >= 4 is 30.8 Å². The van der Waals surface area contributed by atoms with Crippen molar-refractivity contribution in [2.45, 2.75) is 118 Å². The van der Waals surface area contributed by atoms with Crippen LogP contribution < -0.4 is 8.15 Å². The van der Waals surface area contributed by atoms with Gasteiger partial charge in [-0.25, -0.2) is 0 Å². The molecule has 0 saturated heterocycles. The van der Waals surface area contributed by atoms with Crippen molar-refractivity contribution in [1.29, 1.82) is 0 Å². The molecule has 0 radical (unpaired) electrons. The summed E-state index contributed by atoms with van der Waals surface area (Å²) in [5, 5.41) is 10.3. The van der Waals surface area contributed by atoms with Gasteiger partial charge in [-0.3, -0.25) is 0 Å². The number of aliphatic hydroxyl groups excluding tert-OH is 1. The summed E-state index contributed by atoms with van der Waals surface area (Å²) >= 11 is -2.41. The summed E-state index contributed by atoms with van der Waals surface area (Å²) in [5.41, 5.74) is 1.10. The molecule has 4 heteroatoms. The molecule has 1 aromatic heterocycles. The standard InChI is InChI=1S/C12H20NOSi.3C4H9.Sn/c1-12(2,3)15(4)10-13-8-6-5-7-11(13)9-14;3*1-3-4-2;/h5,7-8,14H,9-10H2,1-4H3;3*1,3-4H2,2H3;. The molecule has 0 aliphatic rings. The van der Waals surface area contributed by atoms with E-state index >= 15 is 0 Å². The first-order valence-electron chi connectivity index (χ1n) is 11.7. The molecule has 0 aliphatic heterocycles. The Kier molecular flexibility index (Phi) is 11.9. The molecule has 0 unspecified atom stereocenters. The van der Waals surface area contributed by atoms with E-state index in [0.717, 1.165) is 11.9 Å². The molecule has 1 N–H and O–H groups in total. The van der Waals surface area contributed by atoms with E-state index in [2.05, 4.69) is 71.0 Å². The Morgan fingerprint density at radius 2 is 1.43 bits per heavy atom. The summed E-state index contributed by atoms with van der Waals surface area (Å²) in [6, 6.07) is 4.68. The van der Waals surface area contributed by atoms with Crippen LogP contribution in [0.2, 0.25) is 24.9 Å². The minimum absolute atomic E-state index is 0.154. The molecule has 1 rings (SSSR count). The number of unbranched alkanes of at least 4 members (excludes halogenated alkanes) is 3. The van der Waals surface area contributed by atoms with Crippen LogP contribution in [0.4, 0.5) is 0 Å². The third-order valence-electron chi connectivity index (χ3n) is 6.61. The van der Waals surface area contributed by atoms with E-state index in [-0.39, 0.29) is 6.61 Å². The quantitative estimate of drug-likeness (QED) is 0.255. The number of aliphatic hydroxyl groups is 1. The van der Waals surface area contributed by atoms with Crippen molar-refractivity contribution < 1.29 is 9.67 Å². The van der Waals surface area contributed by atoms with E-state index in [1.54, 1.807) is 3.58 Å². The van der Waals surface area contributed by atoms with Crippen LogP contribution in [0, 0.1) is 0 Å². The van der Waals surface area contributed by atoms with Crippen molar-refractivity contribution in [2.24, 2.45) is 0 Å². The summed E-state index contributed by atoms with van der Waals surface area (Å²) in [5.74, 6) is 0. The molecule has 1 heterocycles. The van der Waals surface area contributed by atoms with Gasteiger partial charge in [0.15, 0.2) is 0 Å². The predicted molar refractivity (Wildman–Crippen MR) is 128 cm³/mol. The fraction of sp³-hybridized carbons (Fsp3) is 0.792. The second-order valence-corrected chi connectivity index (χ2v) is 26.4. The first kappa shape index (κ1) is 26.2. The molecule has 2 nitrogen and oxygen atoms in total. The van der Waals surface area contributed by atoms with Crippen LogP contribution in [-0.2, 0) is 12.8 Å². The van der Waals surface area contributed by atoms with Crippen LogP contribution in [0.5, 0.6) is 0 Å². The first-order valence-corrected chi connectivity index (χ1v) is 21.4. The third kappa shape index (κ3) is 7.75. The molecule has 0 fully saturated rings. The summed E-state index contributed by atoms with van der Waals surface area (Å²) in [6.45, 7) is 16.8. The van der Waals surface area contributed by atoms with Crippen LogP contribution in [0.15, 0.2) is 18.3 Å². The van der Waals surface area contributed by atoms with E-state index in [1.807, 2.05) is 0 Å². The van der Waals surface area contributed by atoms with Gasteiger partial charge in [0.25, 0.3) is 0 Å². The number of rotatable bonds is 13. The molecule has 162 valence electrons. The molecule has 0 aromatic carbocycles. The van der Waals surface area contributed by atoms with E-state index in [4.69, 9.17) is 0 Å². The average molecular weight is 512 g/mol. The minimum atomic E-state index is -2.41. The van der Waals surface area contributed by atoms with Gasteiger partial charge >= 0.3 is 182 Å². The normalized spacial score (nSPS) is 12.8. The van der Waals surface area contributed by atoms with Gasteiger partial charge < -0.3 is 0 Å². The van der Waals surface area contributed by atoms with Crippen LogP contribution in [0.1, 0.15) is 85.8 Å². The fourth-order valence-corrected chi connectivity index (χ4v) is 21.2. The number of pyridine rings is 1. The van der Waals surface area contributed by atoms with E-state index < -0.39 is 27.2 Å². The molecule has 28 heavy (non-hydrogen) atoms. The topological polar surface area (TPSA) is 24.1 Å². The Bertz CT molecular complexity index is 548. The van der Waals surface area contributed by atoms with Gasteiger partial charge in [-0.05, 0) is 0 Å². The molecule has 0 aliphatic carbocycles. The van der Waals surface area contributed by atoms with Gasteiger partial charge in [-0.15, -0.1) is 0 Å². The predicted octanol–water partition coefficient (Wildman–Crippen LogP) is 5.99. The molecular weight excluding hydrogens is 465 g/mol. The van der Waals surface area contributed by atoms with Crippen LogP contribution in [0.25, 0.3) is 0 Å².